The molecule has 1 aromatic rings. The van der Waals surface area contributed by atoms with Gasteiger partial charge in [-0.05, 0) is 51.5 Å². The molecule has 7 heteroatoms. The maximum atomic E-state index is 11.8. The Morgan fingerprint density at radius 2 is 1.95 bits per heavy atom. The van der Waals surface area contributed by atoms with Crippen molar-refractivity contribution in [2.75, 3.05) is 21.3 Å². The van der Waals surface area contributed by atoms with Crippen LogP contribution >= 0.6 is 27.7 Å². The molecule has 20 heavy (non-hydrogen) atoms. The van der Waals surface area contributed by atoms with Crippen LogP contribution in [0.5, 0.6) is 11.5 Å². The molecule has 0 saturated carbocycles. The van der Waals surface area contributed by atoms with Crippen molar-refractivity contribution in [3.05, 3.63) is 27.1 Å². The predicted molar refractivity (Wildman–Crippen MR) is 81.0 cm³/mol. The van der Waals surface area contributed by atoms with Crippen molar-refractivity contribution in [3.63, 3.8) is 0 Å². The maximum absolute atomic E-state index is 11.8. The number of hydrogen-bond acceptors (Lipinski definition) is 5. The van der Waals surface area contributed by atoms with E-state index in [0.29, 0.717) is 20.9 Å². The van der Waals surface area contributed by atoms with E-state index in [4.69, 9.17) is 9.47 Å². The third kappa shape index (κ3) is 2.69. The number of carbonyl (C=O) groups excluding carboxylic acids is 2. The Bertz CT molecular complexity index is 615. The zero-order valence-corrected chi connectivity index (χ0v) is 13.5. The highest BCUT2D eigenvalue weighted by Crippen LogP contribution is 2.38. The molecule has 1 saturated heterocycles. The van der Waals surface area contributed by atoms with E-state index in [0.717, 1.165) is 22.2 Å². The summed E-state index contributed by atoms with van der Waals surface area (Å²) in [7, 11) is 4.54. The van der Waals surface area contributed by atoms with Gasteiger partial charge in [-0.15, -0.1) is 0 Å². The molecule has 106 valence electrons. The summed E-state index contributed by atoms with van der Waals surface area (Å²) < 4.78 is 11.2. The van der Waals surface area contributed by atoms with Crippen LogP contribution in [0.3, 0.4) is 0 Å². The number of benzene rings is 1. The van der Waals surface area contributed by atoms with Gasteiger partial charge < -0.3 is 9.47 Å². The molecule has 0 aliphatic carbocycles. The first-order valence-electron chi connectivity index (χ1n) is 5.61. The van der Waals surface area contributed by atoms with Crippen LogP contribution in [0.25, 0.3) is 6.08 Å². The van der Waals surface area contributed by atoms with Crippen molar-refractivity contribution < 1.29 is 19.1 Å². The van der Waals surface area contributed by atoms with Gasteiger partial charge in [0.25, 0.3) is 11.1 Å². The topological polar surface area (TPSA) is 55.8 Å². The zero-order valence-electron chi connectivity index (χ0n) is 11.1. The van der Waals surface area contributed by atoms with Crippen molar-refractivity contribution in [3.8, 4) is 11.5 Å². The van der Waals surface area contributed by atoms with E-state index in [9.17, 15) is 9.59 Å². The number of methoxy groups -OCH3 is 2. The van der Waals surface area contributed by atoms with Crippen LogP contribution in [-0.4, -0.2) is 37.3 Å². The molecule has 0 bridgehead atoms. The second-order valence-electron chi connectivity index (χ2n) is 3.98. The molecule has 5 nitrogen and oxygen atoms in total. The maximum Gasteiger partial charge on any atom is 0.293 e. The molecule has 2 amide bonds. The van der Waals surface area contributed by atoms with Gasteiger partial charge in [0.2, 0.25) is 0 Å². The van der Waals surface area contributed by atoms with Gasteiger partial charge in [-0.2, -0.15) is 0 Å². The largest absolute Gasteiger partial charge is 0.493 e. The second kappa shape index (κ2) is 5.88. The number of hydrogen-bond donors (Lipinski definition) is 0. The lowest BCUT2D eigenvalue weighted by Gasteiger charge is -2.10. The molecule has 0 radical (unpaired) electrons. The van der Waals surface area contributed by atoms with Crippen molar-refractivity contribution in [1.29, 1.82) is 0 Å². The standard InChI is InChI=1S/C13H12BrNO4S/c1-15-12(16)10(20-13(15)17)6-7-4-8(14)11(19-3)9(5-7)18-2/h4-6H,1-3H3. The molecule has 0 unspecified atom stereocenters. The van der Waals surface area contributed by atoms with Crippen LogP contribution in [0.15, 0.2) is 21.5 Å². The van der Waals surface area contributed by atoms with Crippen molar-refractivity contribution in [2.45, 2.75) is 0 Å². The molecule has 0 N–H and O–H groups in total. The molecule has 1 aliphatic heterocycles. The quantitative estimate of drug-likeness (QED) is 0.777. The summed E-state index contributed by atoms with van der Waals surface area (Å²) in [6.07, 6.45) is 1.65. The van der Waals surface area contributed by atoms with Crippen LogP contribution in [0.2, 0.25) is 0 Å². The monoisotopic (exact) mass is 357 g/mol. The van der Waals surface area contributed by atoms with Crippen molar-refractivity contribution >= 4 is 44.9 Å². The lowest BCUT2D eigenvalue weighted by atomic mass is 10.2. The SMILES string of the molecule is COc1cc(C=C2SC(=O)N(C)C2=O)cc(Br)c1OC. The van der Waals surface area contributed by atoms with Crippen molar-refractivity contribution in [1.82, 2.24) is 4.90 Å². The fraction of sp³-hybridized carbons (Fsp3) is 0.231. The summed E-state index contributed by atoms with van der Waals surface area (Å²) in [5.41, 5.74) is 0.744. The van der Waals surface area contributed by atoms with Gasteiger partial charge in [0, 0.05) is 7.05 Å². The number of halogens is 1. The van der Waals surface area contributed by atoms with E-state index in [1.807, 2.05) is 0 Å². The van der Waals surface area contributed by atoms with Gasteiger partial charge in [0.15, 0.2) is 11.5 Å². The fourth-order valence-corrected chi connectivity index (χ4v) is 3.17. The number of rotatable bonds is 3. The molecule has 1 aromatic carbocycles. The summed E-state index contributed by atoms with van der Waals surface area (Å²) in [6, 6.07) is 3.54. The molecule has 0 atom stereocenters. The molecule has 2 rings (SSSR count). The fourth-order valence-electron chi connectivity index (χ4n) is 1.72. The minimum Gasteiger partial charge on any atom is -0.493 e. The molecule has 1 fully saturated rings. The minimum atomic E-state index is -0.300. The zero-order chi connectivity index (χ0) is 14.9. The highest BCUT2D eigenvalue weighted by molar-refractivity contribution is 9.10. The number of nitrogens with zero attached hydrogens (tertiary/aromatic N) is 1. The molecule has 0 spiro atoms. The number of carbonyl (C=O) groups is 2. The van der Waals surface area contributed by atoms with E-state index in [1.54, 1.807) is 25.3 Å². The first-order chi connectivity index (χ1) is 9.47. The molecular weight excluding hydrogens is 346 g/mol. The average molecular weight is 358 g/mol. The average Bonchev–Trinajstić information content (AvgIpc) is 2.65. The molecule has 1 aliphatic rings. The summed E-state index contributed by atoms with van der Waals surface area (Å²) >= 11 is 4.30. The van der Waals surface area contributed by atoms with Gasteiger partial charge in [-0.3, -0.25) is 14.5 Å². The van der Waals surface area contributed by atoms with E-state index in [1.165, 1.54) is 14.2 Å². The van der Waals surface area contributed by atoms with E-state index < -0.39 is 0 Å². The lowest BCUT2D eigenvalue weighted by molar-refractivity contribution is -0.121. The van der Waals surface area contributed by atoms with Crippen LogP contribution in [0.4, 0.5) is 4.79 Å². The Labute approximate surface area is 129 Å². The Morgan fingerprint density at radius 3 is 2.45 bits per heavy atom. The van der Waals surface area contributed by atoms with Gasteiger partial charge in [-0.1, -0.05) is 0 Å². The second-order valence-corrected chi connectivity index (χ2v) is 5.83. The summed E-state index contributed by atoms with van der Waals surface area (Å²) in [5, 5.41) is -0.277. The Hall–Kier alpha value is -1.47. The number of likely N-dealkylation sites (N-methyl/N-ethyl adjacent to an activating group) is 1. The van der Waals surface area contributed by atoms with Crippen LogP contribution in [0.1, 0.15) is 5.56 Å². The van der Waals surface area contributed by atoms with Crippen molar-refractivity contribution in [2.24, 2.45) is 0 Å². The predicted octanol–water partition coefficient (Wildman–Crippen LogP) is 3.13. The van der Waals surface area contributed by atoms with Gasteiger partial charge in [0.05, 0.1) is 23.6 Å². The lowest BCUT2D eigenvalue weighted by Crippen LogP contribution is -2.22. The number of ether oxygens (including phenoxy) is 2. The first-order valence-corrected chi connectivity index (χ1v) is 7.22. The molecule has 1 heterocycles. The highest BCUT2D eigenvalue weighted by atomic mass is 79.9. The number of imide groups is 1. The third-order valence-electron chi connectivity index (χ3n) is 2.74. The summed E-state index contributed by atoms with van der Waals surface area (Å²) in [5.74, 6) is 0.822. The Kier molecular flexibility index (Phi) is 4.39. The molecule has 0 aromatic heterocycles. The molecular formula is C13H12BrNO4S. The first kappa shape index (κ1) is 14.9. The van der Waals surface area contributed by atoms with Gasteiger partial charge in [0.1, 0.15) is 0 Å². The van der Waals surface area contributed by atoms with Crippen LogP contribution < -0.4 is 9.47 Å². The number of amides is 2. The normalized spacial score (nSPS) is 17.0. The van der Waals surface area contributed by atoms with Gasteiger partial charge in [-0.25, -0.2) is 0 Å². The highest BCUT2D eigenvalue weighted by Gasteiger charge is 2.31. The number of thioether (sulfide) groups is 1. The minimum absolute atomic E-state index is 0.277. The van der Waals surface area contributed by atoms with E-state index in [-0.39, 0.29) is 11.1 Å². The van der Waals surface area contributed by atoms with Crippen LogP contribution in [0, 0.1) is 0 Å². The third-order valence-corrected chi connectivity index (χ3v) is 4.29. The smallest absolute Gasteiger partial charge is 0.293 e. The van der Waals surface area contributed by atoms with E-state index in [2.05, 4.69) is 15.9 Å². The Balaban J connectivity index is 2.42. The summed E-state index contributed by atoms with van der Waals surface area (Å²) in [4.78, 5) is 24.8. The Morgan fingerprint density at radius 1 is 1.25 bits per heavy atom. The summed E-state index contributed by atoms with van der Waals surface area (Å²) in [6.45, 7) is 0. The van der Waals surface area contributed by atoms with Crippen LogP contribution in [-0.2, 0) is 4.79 Å². The van der Waals surface area contributed by atoms with E-state index >= 15 is 0 Å². The van der Waals surface area contributed by atoms with Gasteiger partial charge >= 0.3 is 0 Å².